The summed E-state index contributed by atoms with van der Waals surface area (Å²) in [6, 6.07) is 1.90. The topological polar surface area (TPSA) is 94.3 Å². The van der Waals surface area contributed by atoms with Crippen molar-refractivity contribution in [3.63, 3.8) is 0 Å². The molecule has 0 aromatic carbocycles. The maximum atomic E-state index is 13.2. The number of carbonyl (C=O) groups is 2. The third kappa shape index (κ3) is 4.64. The lowest BCUT2D eigenvalue weighted by Crippen LogP contribution is -2.38. The molecule has 0 bridgehead atoms. The molecule has 1 aromatic rings. The second-order valence-corrected chi connectivity index (χ2v) is 6.85. The fourth-order valence-electron chi connectivity index (χ4n) is 2.70. The van der Waals surface area contributed by atoms with E-state index < -0.39 is 35.2 Å². The summed E-state index contributed by atoms with van der Waals surface area (Å²) in [6.07, 6.45) is -1.05. The molecule has 1 aromatic heterocycles. The molecule has 2 fully saturated rings. The zero-order chi connectivity index (χ0) is 18.9. The molecule has 0 spiro atoms. The molecular formula is C17H20F3N3O3. The van der Waals surface area contributed by atoms with E-state index in [0.717, 1.165) is 37.8 Å². The van der Waals surface area contributed by atoms with Gasteiger partial charge in [-0.05, 0) is 43.6 Å². The molecular weight excluding hydrogens is 351 g/mol. The Morgan fingerprint density at radius 2 is 1.96 bits per heavy atom. The van der Waals surface area contributed by atoms with Gasteiger partial charge in [0.15, 0.2) is 0 Å². The summed E-state index contributed by atoms with van der Waals surface area (Å²) in [6.45, 7) is 0.260. The van der Waals surface area contributed by atoms with Crippen LogP contribution in [0.2, 0.25) is 0 Å². The Balaban J connectivity index is 1.74. The number of halogens is 3. The Morgan fingerprint density at radius 3 is 2.50 bits per heavy atom. The number of nitrogens with one attached hydrogen (secondary N) is 1. The molecule has 2 saturated carbocycles. The smallest absolute Gasteiger partial charge is 0.418 e. The number of hydrogen-bond acceptors (Lipinski definition) is 4. The number of ether oxygens (including phenoxy) is 1. The van der Waals surface area contributed by atoms with Gasteiger partial charge in [-0.1, -0.05) is 0 Å². The SMILES string of the molecule is NC(=O)[C@H](CNC(=O)c1nc(OCC2CC2)ccc1C(F)(F)F)C1CC1. The highest BCUT2D eigenvalue weighted by molar-refractivity contribution is 5.94. The molecule has 0 radical (unpaired) electrons. The van der Waals surface area contributed by atoms with Gasteiger partial charge >= 0.3 is 6.18 Å². The number of primary amides is 1. The van der Waals surface area contributed by atoms with E-state index in [-0.39, 0.29) is 18.3 Å². The Bertz CT molecular complexity index is 700. The van der Waals surface area contributed by atoms with Crippen LogP contribution in [0.25, 0.3) is 0 Å². The van der Waals surface area contributed by atoms with Crippen molar-refractivity contribution in [1.82, 2.24) is 10.3 Å². The van der Waals surface area contributed by atoms with E-state index in [9.17, 15) is 22.8 Å². The van der Waals surface area contributed by atoms with Gasteiger partial charge in [0.25, 0.3) is 5.91 Å². The molecule has 2 aliphatic rings. The molecule has 2 aliphatic carbocycles. The van der Waals surface area contributed by atoms with Crippen LogP contribution in [-0.4, -0.2) is 29.9 Å². The van der Waals surface area contributed by atoms with Crippen molar-refractivity contribution in [2.24, 2.45) is 23.5 Å². The van der Waals surface area contributed by atoms with Gasteiger partial charge in [-0.2, -0.15) is 13.2 Å². The first-order valence-corrected chi connectivity index (χ1v) is 8.54. The number of amides is 2. The molecule has 3 N–H and O–H groups in total. The summed E-state index contributed by atoms with van der Waals surface area (Å²) < 4.78 is 45.0. The van der Waals surface area contributed by atoms with Crippen LogP contribution in [0.1, 0.15) is 41.7 Å². The summed E-state index contributed by atoms with van der Waals surface area (Å²) in [5, 5.41) is 2.36. The largest absolute Gasteiger partial charge is 0.477 e. The summed E-state index contributed by atoms with van der Waals surface area (Å²) in [7, 11) is 0. The molecule has 3 rings (SSSR count). The van der Waals surface area contributed by atoms with E-state index in [1.165, 1.54) is 0 Å². The van der Waals surface area contributed by atoms with Gasteiger partial charge in [0, 0.05) is 12.6 Å². The third-order valence-corrected chi connectivity index (χ3v) is 4.59. The monoisotopic (exact) mass is 371 g/mol. The summed E-state index contributed by atoms with van der Waals surface area (Å²) in [5.74, 6) is -1.70. The van der Waals surface area contributed by atoms with Gasteiger partial charge in [0.1, 0.15) is 5.69 Å². The van der Waals surface area contributed by atoms with E-state index >= 15 is 0 Å². The minimum atomic E-state index is -4.73. The Labute approximate surface area is 148 Å². The average molecular weight is 371 g/mol. The minimum absolute atomic E-state index is 0.0244. The Morgan fingerprint density at radius 1 is 1.27 bits per heavy atom. The quantitative estimate of drug-likeness (QED) is 0.732. The fourth-order valence-corrected chi connectivity index (χ4v) is 2.70. The number of carbonyl (C=O) groups excluding carboxylic acids is 2. The second-order valence-electron chi connectivity index (χ2n) is 6.85. The zero-order valence-corrected chi connectivity index (χ0v) is 14.0. The minimum Gasteiger partial charge on any atom is -0.477 e. The van der Waals surface area contributed by atoms with Crippen molar-refractivity contribution in [2.75, 3.05) is 13.2 Å². The molecule has 1 heterocycles. The Kier molecular flexibility index (Phi) is 5.06. The number of aromatic nitrogens is 1. The zero-order valence-electron chi connectivity index (χ0n) is 14.0. The molecule has 142 valence electrons. The van der Waals surface area contributed by atoms with Gasteiger partial charge < -0.3 is 15.8 Å². The standard InChI is InChI=1S/C17H20F3N3O3/c18-17(19,20)12-5-6-13(26-8-9-1-2-9)23-14(12)16(25)22-7-11(15(21)24)10-3-4-10/h5-6,9-11H,1-4,7-8H2,(H2,21,24)(H,22,25)/t11-/m1/s1. The summed E-state index contributed by atoms with van der Waals surface area (Å²) in [5.41, 5.74) is 3.39. The lowest BCUT2D eigenvalue weighted by Gasteiger charge is -2.16. The normalized spacial score (nSPS) is 18.3. The predicted molar refractivity (Wildman–Crippen MR) is 85.2 cm³/mol. The van der Waals surface area contributed by atoms with Crippen LogP contribution in [0, 0.1) is 17.8 Å². The highest BCUT2D eigenvalue weighted by Crippen LogP contribution is 2.37. The van der Waals surface area contributed by atoms with Crippen LogP contribution in [0.4, 0.5) is 13.2 Å². The molecule has 6 nitrogen and oxygen atoms in total. The average Bonchev–Trinajstić information content (AvgIpc) is 3.45. The number of nitrogens with zero attached hydrogens (tertiary/aromatic N) is 1. The second kappa shape index (κ2) is 7.13. The van der Waals surface area contributed by atoms with Gasteiger partial charge in [-0.3, -0.25) is 9.59 Å². The van der Waals surface area contributed by atoms with Gasteiger partial charge in [-0.15, -0.1) is 0 Å². The van der Waals surface area contributed by atoms with Crippen molar-refractivity contribution in [3.05, 3.63) is 23.4 Å². The lowest BCUT2D eigenvalue weighted by molar-refractivity contribution is -0.138. The number of hydrogen-bond donors (Lipinski definition) is 2. The molecule has 0 unspecified atom stereocenters. The van der Waals surface area contributed by atoms with E-state index in [0.29, 0.717) is 12.5 Å². The summed E-state index contributed by atoms with van der Waals surface area (Å²) >= 11 is 0. The van der Waals surface area contributed by atoms with E-state index in [4.69, 9.17) is 10.5 Å². The first kappa shape index (κ1) is 18.5. The molecule has 26 heavy (non-hydrogen) atoms. The number of alkyl halides is 3. The number of rotatable bonds is 8. The fraction of sp³-hybridized carbons (Fsp3) is 0.588. The van der Waals surface area contributed by atoms with E-state index in [1.54, 1.807) is 0 Å². The predicted octanol–water partition coefficient (Wildman–Crippen LogP) is 2.13. The van der Waals surface area contributed by atoms with Gasteiger partial charge in [0.05, 0.1) is 18.1 Å². The van der Waals surface area contributed by atoms with Crippen molar-refractivity contribution in [2.45, 2.75) is 31.9 Å². The van der Waals surface area contributed by atoms with E-state index in [2.05, 4.69) is 10.3 Å². The van der Waals surface area contributed by atoms with Crippen LogP contribution in [0.15, 0.2) is 12.1 Å². The third-order valence-electron chi connectivity index (χ3n) is 4.59. The molecule has 9 heteroatoms. The molecule has 2 amide bonds. The Hall–Kier alpha value is -2.32. The van der Waals surface area contributed by atoms with Crippen LogP contribution in [-0.2, 0) is 11.0 Å². The first-order chi connectivity index (χ1) is 12.3. The lowest BCUT2D eigenvalue weighted by atomic mass is 10.0. The summed E-state index contributed by atoms with van der Waals surface area (Å²) in [4.78, 5) is 27.5. The maximum Gasteiger partial charge on any atom is 0.418 e. The highest BCUT2D eigenvalue weighted by atomic mass is 19.4. The van der Waals surface area contributed by atoms with Crippen LogP contribution in [0.5, 0.6) is 5.88 Å². The van der Waals surface area contributed by atoms with Gasteiger partial charge in [-0.25, -0.2) is 4.98 Å². The molecule has 0 saturated heterocycles. The number of nitrogens with two attached hydrogens (primary N) is 1. The van der Waals surface area contributed by atoms with Crippen molar-refractivity contribution < 1.29 is 27.5 Å². The van der Waals surface area contributed by atoms with Gasteiger partial charge in [0.2, 0.25) is 11.8 Å². The van der Waals surface area contributed by atoms with Crippen molar-refractivity contribution >= 4 is 11.8 Å². The maximum absolute atomic E-state index is 13.2. The molecule has 0 aliphatic heterocycles. The van der Waals surface area contributed by atoms with E-state index in [1.807, 2.05) is 0 Å². The van der Waals surface area contributed by atoms with Crippen molar-refractivity contribution in [3.8, 4) is 5.88 Å². The van der Waals surface area contributed by atoms with Crippen LogP contribution >= 0.6 is 0 Å². The van der Waals surface area contributed by atoms with Crippen LogP contribution in [0.3, 0.4) is 0 Å². The number of pyridine rings is 1. The van der Waals surface area contributed by atoms with Crippen LogP contribution < -0.4 is 15.8 Å². The highest BCUT2D eigenvalue weighted by Gasteiger charge is 2.38. The molecule has 1 atom stereocenters. The first-order valence-electron chi connectivity index (χ1n) is 8.54. The van der Waals surface area contributed by atoms with Crippen molar-refractivity contribution in [1.29, 1.82) is 0 Å².